The number of carbonyl (C=O) groups is 1. The molecule has 98 valence electrons. The van der Waals surface area contributed by atoms with Gasteiger partial charge in [0.1, 0.15) is 0 Å². The fourth-order valence-electron chi connectivity index (χ4n) is 1.43. The third-order valence-corrected chi connectivity index (χ3v) is 4.39. The van der Waals surface area contributed by atoms with Gasteiger partial charge < -0.3 is 5.11 Å². The van der Waals surface area contributed by atoms with Gasteiger partial charge in [-0.1, -0.05) is 36.4 Å². The zero-order valence-electron chi connectivity index (χ0n) is 10.3. The van der Waals surface area contributed by atoms with E-state index in [1.54, 1.807) is 24.3 Å². The van der Waals surface area contributed by atoms with Crippen LogP contribution in [0.15, 0.2) is 41.3 Å². The number of hydrogen-bond donors (Lipinski definition) is 1. The van der Waals surface area contributed by atoms with E-state index in [0.717, 1.165) is 0 Å². The molecule has 0 aliphatic heterocycles. The van der Waals surface area contributed by atoms with Crippen LogP contribution in [0.1, 0.15) is 19.4 Å². The molecule has 0 aromatic heterocycles. The maximum atomic E-state index is 12.0. The monoisotopic (exact) mass is 268 g/mol. The molecular weight excluding hydrogens is 252 g/mol. The van der Waals surface area contributed by atoms with Crippen molar-refractivity contribution in [3.05, 3.63) is 46.9 Å². The molecule has 4 nitrogen and oxygen atoms in total. The normalized spacial score (nSPS) is 14.2. The van der Waals surface area contributed by atoms with E-state index >= 15 is 0 Å². The molecular formula is C13H16O4S. The molecule has 0 saturated heterocycles. The second-order valence-electron chi connectivity index (χ2n) is 4.15. The minimum atomic E-state index is -3.44. The summed E-state index contributed by atoms with van der Waals surface area (Å²) in [4.78, 5) is 10.8. The largest absolute Gasteiger partial charge is 0.481 e. The Kier molecular flexibility index (Phi) is 4.67. The van der Waals surface area contributed by atoms with Crippen LogP contribution in [0.25, 0.3) is 0 Å². The molecule has 0 heterocycles. The van der Waals surface area contributed by atoms with Gasteiger partial charge in [-0.15, -0.1) is 0 Å². The lowest BCUT2D eigenvalue weighted by Gasteiger charge is -2.06. The molecule has 1 unspecified atom stereocenters. The first-order valence-corrected chi connectivity index (χ1v) is 7.16. The summed E-state index contributed by atoms with van der Waals surface area (Å²) in [6, 6.07) is 8.80. The zero-order valence-corrected chi connectivity index (χ0v) is 11.1. The van der Waals surface area contributed by atoms with Crippen molar-refractivity contribution in [1.29, 1.82) is 0 Å². The highest BCUT2D eigenvalue weighted by Gasteiger charge is 2.17. The first-order valence-electron chi connectivity index (χ1n) is 5.51. The molecule has 1 atom stereocenters. The minimum Gasteiger partial charge on any atom is -0.481 e. The maximum absolute atomic E-state index is 12.0. The Morgan fingerprint density at radius 1 is 1.33 bits per heavy atom. The first kappa shape index (κ1) is 14.4. The van der Waals surface area contributed by atoms with Gasteiger partial charge in [0.25, 0.3) is 0 Å². The summed E-state index contributed by atoms with van der Waals surface area (Å²) in [7, 11) is -3.44. The van der Waals surface area contributed by atoms with Crippen LogP contribution < -0.4 is 0 Å². The lowest BCUT2D eigenvalue weighted by molar-refractivity contribution is -0.139. The summed E-state index contributed by atoms with van der Waals surface area (Å²) in [5.74, 6) is -1.96. The van der Waals surface area contributed by atoms with Crippen molar-refractivity contribution in [3.63, 3.8) is 0 Å². The third kappa shape index (κ3) is 4.00. The van der Waals surface area contributed by atoms with Gasteiger partial charge in [-0.05, 0) is 19.4 Å². The van der Waals surface area contributed by atoms with Crippen molar-refractivity contribution < 1.29 is 18.3 Å². The lowest BCUT2D eigenvalue weighted by Crippen LogP contribution is -2.11. The Morgan fingerprint density at radius 2 is 1.89 bits per heavy atom. The number of benzene rings is 1. The van der Waals surface area contributed by atoms with Gasteiger partial charge in [0.05, 0.1) is 11.7 Å². The van der Waals surface area contributed by atoms with Gasteiger partial charge in [-0.3, -0.25) is 4.79 Å². The molecule has 0 fully saturated rings. The Bertz CT molecular complexity index is 544. The minimum absolute atomic E-state index is 0.0984. The third-order valence-electron chi connectivity index (χ3n) is 2.56. The van der Waals surface area contributed by atoms with E-state index < -0.39 is 21.7 Å². The molecule has 0 aliphatic rings. The zero-order chi connectivity index (χ0) is 13.8. The summed E-state index contributed by atoms with van der Waals surface area (Å²) in [6.45, 7) is 2.88. The Hall–Kier alpha value is -1.62. The summed E-state index contributed by atoms with van der Waals surface area (Å²) in [6.07, 6.45) is 1.26. The fraction of sp³-hybridized carbons (Fsp3) is 0.308. The number of aliphatic carboxylic acids is 1. The van der Waals surface area contributed by atoms with Crippen molar-refractivity contribution in [2.45, 2.75) is 19.6 Å². The van der Waals surface area contributed by atoms with Crippen LogP contribution >= 0.6 is 0 Å². The molecule has 5 heteroatoms. The molecule has 1 N–H and O–H groups in total. The van der Waals surface area contributed by atoms with Crippen molar-refractivity contribution >= 4 is 15.8 Å². The molecule has 0 saturated carbocycles. The van der Waals surface area contributed by atoms with Crippen molar-refractivity contribution in [3.8, 4) is 0 Å². The predicted molar refractivity (Wildman–Crippen MR) is 69.6 cm³/mol. The average Bonchev–Trinajstić information content (AvgIpc) is 2.29. The summed E-state index contributed by atoms with van der Waals surface area (Å²) in [5, 5.41) is 8.75. The van der Waals surface area contributed by atoms with Crippen LogP contribution in [-0.2, 0) is 20.4 Å². The summed E-state index contributed by atoms with van der Waals surface area (Å²) >= 11 is 0. The molecule has 0 amide bonds. The van der Waals surface area contributed by atoms with Gasteiger partial charge in [0.15, 0.2) is 9.84 Å². The van der Waals surface area contributed by atoms with Gasteiger partial charge in [-0.25, -0.2) is 8.42 Å². The van der Waals surface area contributed by atoms with Gasteiger partial charge in [0, 0.05) is 4.91 Å². The van der Waals surface area contributed by atoms with E-state index in [9.17, 15) is 13.2 Å². The van der Waals surface area contributed by atoms with Gasteiger partial charge in [0.2, 0.25) is 0 Å². The van der Waals surface area contributed by atoms with E-state index in [1.807, 2.05) is 6.07 Å². The topological polar surface area (TPSA) is 71.4 Å². The number of rotatable bonds is 5. The summed E-state index contributed by atoms with van der Waals surface area (Å²) in [5.41, 5.74) is 0.688. The van der Waals surface area contributed by atoms with E-state index in [-0.39, 0.29) is 10.7 Å². The Labute approximate surface area is 107 Å². The number of hydrogen-bond acceptors (Lipinski definition) is 3. The highest BCUT2D eigenvalue weighted by Crippen LogP contribution is 2.16. The Balaban J connectivity index is 2.91. The second-order valence-corrected chi connectivity index (χ2v) is 6.31. The number of sulfone groups is 1. The van der Waals surface area contributed by atoms with Crippen LogP contribution in [0.2, 0.25) is 0 Å². The SMILES string of the molecule is C/C(=C/C(C)C(=O)O)S(=O)(=O)Cc1ccccc1. The van der Waals surface area contributed by atoms with E-state index in [4.69, 9.17) is 5.11 Å². The molecule has 0 spiro atoms. The van der Waals surface area contributed by atoms with E-state index in [1.165, 1.54) is 19.9 Å². The van der Waals surface area contributed by atoms with Crippen LogP contribution in [0, 0.1) is 5.92 Å². The maximum Gasteiger partial charge on any atom is 0.310 e. The van der Waals surface area contributed by atoms with E-state index in [0.29, 0.717) is 5.56 Å². The number of allylic oxidation sites excluding steroid dienone is 1. The number of carboxylic acids is 1. The standard InChI is InChI=1S/C13H16O4S/c1-10(13(14)15)8-11(2)18(16,17)9-12-6-4-3-5-7-12/h3-8,10H,9H2,1-2H3,(H,14,15)/b11-8-. The van der Waals surface area contributed by atoms with Crippen LogP contribution in [-0.4, -0.2) is 19.5 Å². The van der Waals surface area contributed by atoms with Gasteiger partial charge >= 0.3 is 5.97 Å². The van der Waals surface area contributed by atoms with Crippen molar-refractivity contribution in [2.24, 2.45) is 5.92 Å². The van der Waals surface area contributed by atoms with E-state index in [2.05, 4.69) is 0 Å². The molecule has 18 heavy (non-hydrogen) atoms. The molecule has 0 bridgehead atoms. The fourth-order valence-corrected chi connectivity index (χ4v) is 2.70. The average molecular weight is 268 g/mol. The predicted octanol–water partition coefficient (Wildman–Crippen LogP) is 2.23. The Morgan fingerprint density at radius 3 is 2.39 bits per heavy atom. The summed E-state index contributed by atoms with van der Waals surface area (Å²) < 4.78 is 24.0. The van der Waals surface area contributed by atoms with Crippen molar-refractivity contribution in [2.75, 3.05) is 0 Å². The van der Waals surface area contributed by atoms with Gasteiger partial charge in [-0.2, -0.15) is 0 Å². The molecule has 1 rings (SSSR count). The second kappa shape index (κ2) is 5.82. The first-order chi connectivity index (χ1) is 8.33. The van der Waals surface area contributed by atoms with Crippen LogP contribution in [0.5, 0.6) is 0 Å². The van der Waals surface area contributed by atoms with Crippen LogP contribution in [0.3, 0.4) is 0 Å². The van der Waals surface area contributed by atoms with Crippen LogP contribution in [0.4, 0.5) is 0 Å². The number of carboxylic acid groups (broad SMARTS) is 1. The highest BCUT2D eigenvalue weighted by atomic mass is 32.2. The molecule has 0 aliphatic carbocycles. The quantitative estimate of drug-likeness (QED) is 0.888. The smallest absolute Gasteiger partial charge is 0.310 e. The van der Waals surface area contributed by atoms with Crippen molar-refractivity contribution in [1.82, 2.24) is 0 Å². The highest BCUT2D eigenvalue weighted by molar-refractivity contribution is 7.94. The molecule has 1 aromatic carbocycles. The molecule has 0 radical (unpaired) electrons. The molecule has 1 aromatic rings. The lowest BCUT2D eigenvalue weighted by atomic mass is 10.2.